The number of anilines is 1. The molecule has 3 heterocycles. The highest BCUT2D eigenvalue weighted by Gasteiger charge is 2.60. The Morgan fingerprint density at radius 3 is 2.95 bits per heavy atom. The molecule has 1 aromatic rings. The Kier molecular flexibility index (Phi) is 2.92. The van der Waals surface area contributed by atoms with Crippen molar-refractivity contribution >= 4 is 52.5 Å². The van der Waals surface area contributed by atoms with Gasteiger partial charge in [0.05, 0.1) is 5.69 Å². The Morgan fingerprint density at radius 1 is 1.53 bits per heavy atom. The molecular formula is C11H8Cl2N2O3S. The van der Waals surface area contributed by atoms with Gasteiger partial charge in [0.2, 0.25) is 5.72 Å². The van der Waals surface area contributed by atoms with Crippen molar-refractivity contribution in [1.29, 1.82) is 0 Å². The number of carbonyl (C=O) groups is 2. The second-order valence-electron chi connectivity index (χ2n) is 4.12. The maximum atomic E-state index is 12.0. The number of nitrogens with zero attached hydrogens (tertiary/aromatic N) is 2. The molecule has 0 aliphatic carbocycles. The van der Waals surface area contributed by atoms with E-state index in [0.29, 0.717) is 22.3 Å². The predicted octanol–water partition coefficient (Wildman–Crippen LogP) is 2.40. The van der Waals surface area contributed by atoms with Crippen molar-refractivity contribution in [2.24, 2.45) is 0 Å². The fraction of sp³-hybridized carbons (Fsp3) is 0.364. The Hall–Kier alpha value is -0.980. The van der Waals surface area contributed by atoms with Crippen molar-refractivity contribution in [3.05, 3.63) is 17.3 Å². The van der Waals surface area contributed by atoms with E-state index in [4.69, 9.17) is 27.9 Å². The van der Waals surface area contributed by atoms with Crippen LogP contribution in [0.15, 0.2) is 17.2 Å². The van der Waals surface area contributed by atoms with Crippen molar-refractivity contribution in [2.45, 2.75) is 28.8 Å². The van der Waals surface area contributed by atoms with Crippen LogP contribution in [0, 0.1) is 0 Å². The molecular weight excluding hydrogens is 311 g/mol. The van der Waals surface area contributed by atoms with Crippen LogP contribution in [0.5, 0.6) is 0 Å². The van der Waals surface area contributed by atoms with Crippen molar-refractivity contribution in [1.82, 2.24) is 4.98 Å². The van der Waals surface area contributed by atoms with Gasteiger partial charge >= 0.3 is 11.9 Å². The number of amides is 1. The first kappa shape index (κ1) is 13.0. The number of hydrogen-bond donors (Lipinski definition) is 0. The lowest BCUT2D eigenvalue weighted by atomic mass is 10.1. The second-order valence-corrected chi connectivity index (χ2v) is 6.30. The molecule has 0 saturated carbocycles. The van der Waals surface area contributed by atoms with Gasteiger partial charge in [-0.2, -0.15) is 0 Å². The summed E-state index contributed by atoms with van der Waals surface area (Å²) in [5, 5.41) is 0.821. The van der Waals surface area contributed by atoms with Crippen LogP contribution >= 0.6 is 35.0 Å². The van der Waals surface area contributed by atoms with Gasteiger partial charge in [-0.3, -0.25) is 9.69 Å². The fourth-order valence-corrected chi connectivity index (χ4v) is 4.10. The van der Waals surface area contributed by atoms with Crippen molar-refractivity contribution in [2.75, 3.05) is 4.90 Å². The third kappa shape index (κ3) is 1.67. The zero-order valence-corrected chi connectivity index (χ0v) is 12.1. The number of alkyl halides is 1. The number of esters is 1. The number of fused-ring (bicyclic) bond motifs is 3. The van der Waals surface area contributed by atoms with Crippen LogP contribution in [-0.4, -0.2) is 27.3 Å². The van der Waals surface area contributed by atoms with E-state index in [9.17, 15) is 9.59 Å². The average molecular weight is 319 g/mol. The van der Waals surface area contributed by atoms with Crippen LogP contribution in [0.2, 0.25) is 5.15 Å². The Labute approximate surface area is 123 Å². The highest BCUT2D eigenvalue weighted by Crippen LogP contribution is 2.51. The molecule has 3 rings (SSSR count). The SMILES string of the molecule is CCC12OC(=O)C(=O)N1c1ccc(Cl)nc1SC2Cl. The highest BCUT2D eigenvalue weighted by atomic mass is 35.5. The van der Waals surface area contributed by atoms with E-state index in [1.807, 2.05) is 6.92 Å². The van der Waals surface area contributed by atoms with Gasteiger partial charge in [0.25, 0.3) is 0 Å². The molecule has 2 unspecified atom stereocenters. The Morgan fingerprint density at radius 2 is 2.26 bits per heavy atom. The summed E-state index contributed by atoms with van der Waals surface area (Å²) >= 11 is 13.4. The first-order valence-electron chi connectivity index (χ1n) is 5.54. The third-order valence-corrected chi connectivity index (χ3v) is 5.07. The smallest absolute Gasteiger partial charge is 0.399 e. The number of ether oxygens (including phenoxy) is 1. The summed E-state index contributed by atoms with van der Waals surface area (Å²) in [6, 6.07) is 3.21. The van der Waals surface area contributed by atoms with Gasteiger partial charge in [-0.25, -0.2) is 9.78 Å². The van der Waals surface area contributed by atoms with Gasteiger partial charge < -0.3 is 4.74 Å². The number of halogens is 2. The van der Waals surface area contributed by atoms with E-state index in [1.54, 1.807) is 12.1 Å². The molecule has 0 N–H and O–H groups in total. The van der Waals surface area contributed by atoms with Gasteiger partial charge in [0.1, 0.15) is 14.9 Å². The van der Waals surface area contributed by atoms with Crippen molar-refractivity contribution in [3.8, 4) is 0 Å². The first-order chi connectivity index (χ1) is 8.99. The van der Waals surface area contributed by atoms with Gasteiger partial charge in [0.15, 0.2) is 0 Å². The summed E-state index contributed by atoms with van der Waals surface area (Å²) in [6.07, 6.45) is 0.397. The number of aromatic nitrogens is 1. The molecule has 1 saturated heterocycles. The first-order valence-corrected chi connectivity index (χ1v) is 7.24. The largest absolute Gasteiger partial charge is 0.429 e. The minimum absolute atomic E-state index is 0.304. The van der Waals surface area contributed by atoms with E-state index >= 15 is 0 Å². The minimum atomic E-state index is -1.15. The molecule has 0 radical (unpaired) electrons. The summed E-state index contributed by atoms with van der Waals surface area (Å²) in [6.45, 7) is 1.81. The fourth-order valence-electron chi connectivity index (χ4n) is 2.22. The third-order valence-electron chi connectivity index (χ3n) is 3.15. The molecule has 1 aromatic heterocycles. The molecule has 2 atom stereocenters. The number of thioether (sulfide) groups is 1. The van der Waals surface area contributed by atoms with E-state index in [2.05, 4.69) is 4.98 Å². The molecule has 0 aromatic carbocycles. The second kappa shape index (κ2) is 4.26. The lowest BCUT2D eigenvalue weighted by molar-refractivity contribution is -0.152. The van der Waals surface area contributed by atoms with Crippen LogP contribution in [-0.2, 0) is 14.3 Å². The van der Waals surface area contributed by atoms with E-state index in [0.717, 1.165) is 0 Å². The summed E-state index contributed by atoms with van der Waals surface area (Å²) in [5.41, 5.74) is -0.646. The van der Waals surface area contributed by atoms with Gasteiger partial charge in [-0.15, -0.1) is 11.6 Å². The molecule has 100 valence electrons. The Bertz CT molecular complexity index is 597. The number of hydrogen-bond acceptors (Lipinski definition) is 5. The van der Waals surface area contributed by atoms with E-state index in [-0.39, 0.29) is 0 Å². The standard InChI is InChI=1S/C11H8Cl2N2O3S/c1-2-11-10(13)19-7-5(3-4-6(12)14-7)15(11)8(16)9(17)18-11/h3-4,10H,2H2,1H3. The molecule has 2 aliphatic heterocycles. The van der Waals surface area contributed by atoms with E-state index in [1.165, 1.54) is 16.7 Å². The average Bonchev–Trinajstić information content (AvgIpc) is 2.64. The molecule has 1 amide bonds. The van der Waals surface area contributed by atoms with Gasteiger partial charge in [-0.05, 0) is 12.1 Å². The molecule has 2 aliphatic rings. The molecule has 1 fully saturated rings. The summed E-state index contributed by atoms with van der Waals surface area (Å²) < 4.78 is 4.60. The number of rotatable bonds is 1. The maximum Gasteiger partial charge on any atom is 0.399 e. The van der Waals surface area contributed by atoms with Crippen molar-refractivity contribution < 1.29 is 14.3 Å². The molecule has 0 spiro atoms. The molecule has 0 bridgehead atoms. The normalized spacial score (nSPS) is 29.0. The minimum Gasteiger partial charge on any atom is -0.429 e. The zero-order valence-electron chi connectivity index (χ0n) is 9.72. The lowest BCUT2D eigenvalue weighted by Gasteiger charge is -2.41. The zero-order chi connectivity index (χ0) is 13.8. The number of pyridine rings is 1. The monoisotopic (exact) mass is 318 g/mol. The summed E-state index contributed by atoms with van der Waals surface area (Å²) in [4.78, 5) is 29.0. The molecule has 5 nitrogen and oxygen atoms in total. The lowest BCUT2D eigenvalue weighted by Crippen LogP contribution is -2.54. The van der Waals surface area contributed by atoms with Gasteiger partial charge in [0, 0.05) is 6.42 Å². The van der Waals surface area contributed by atoms with Crippen LogP contribution in [0.3, 0.4) is 0 Å². The number of carbonyl (C=O) groups excluding carboxylic acids is 2. The summed E-state index contributed by atoms with van der Waals surface area (Å²) in [5.74, 6) is -1.62. The maximum absolute atomic E-state index is 12.0. The van der Waals surface area contributed by atoms with Crippen LogP contribution < -0.4 is 4.90 Å². The quantitative estimate of drug-likeness (QED) is 0.344. The van der Waals surface area contributed by atoms with E-state index < -0.39 is 22.3 Å². The van der Waals surface area contributed by atoms with Crippen molar-refractivity contribution in [3.63, 3.8) is 0 Å². The Balaban J connectivity index is 2.22. The van der Waals surface area contributed by atoms with Crippen LogP contribution in [0.1, 0.15) is 13.3 Å². The summed E-state index contributed by atoms with van der Waals surface area (Å²) in [7, 11) is 0. The topological polar surface area (TPSA) is 59.5 Å². The van der Waals surface area contributed by atoms with Crippen LogP contribution in [0.25, 0.3) is 0 Å². The molecule has 8 heteroatoms. The molecule has 19 heavy (non-hydrogen) atoms. The highest BCUT2D eigenvalue weighted by molar-refractivity contribution is 8.01. The van der Waals surface area contributed by atoms with Crippen LogP contribution in [0.4, 0.5) is 5.69 Å². The predicted molar refractivity (Wildman–Crippen MR) is 71.3 cm³/mol. The van der Waals surface area contributed by atoms with Gasteiger partial charge in [-0.1, -0.05) is 30.3 Å².